The zero-order valence-corrected chi connectivity index (χ0v) is 11.6. The number of hydrogen-bond donors (Lipinski definition) is 2. The number of hydrazone groups is 1. The molecule has 104 valence electrons. The van der Waals surface area contributed by atoms with Crippen molar-refractivity contribution in [1.82, 2.24) is 0 Å². The van der Waals surface area contributed by atoms with E-state index in [4.69, 9.17) is 11.6 Å². The highest BCUT2D eigenvalue weighted by molar-refractivity contribution is 6.31. The fourth-order valence-electron chi connectivity index (χ4n) is 2.10. The maximum atomic E-state index is 12.1. The maximum Gasteiger partial charge on any atom is 0.199 e. The first-order chi connectivity index (χ1) is 10.2. The van der Waals surface area contributed by atoms with Crippen LogP contribution < -0.4 is 5.43 Å². The third kappa shape index (κ3) is 2.53. The molecule has 0 radical (unpaired) electrons. The van der Waals surface area contributed by atoms with Crippen molar-refractivity contribution in [2.45, 2.75) is 0 Å². The lowest BCUT2D eigenvalue weighted by atomic mass is 10.1. The predicted molar refractivity (Wildman–Crippen MR) is 83.9 cm³/mol. The Morgan fingerprint density at radius 3 is 2.38 bits per heavy atom. The van der Waals surface area contributed by atoms with Crippen LogP contribution in [0.4, 0.5) is 5.69 Å². The number of ketones is 1. The van der Waals surface area contributed by atoms with E-state index in [9.17, 15) is 9.90 Å². The summed E-state index contributed by atoms with van der Waals surface area (Å²) in [6.45, 7) is 0. The van der Waals surface area contributed by atoms with E-state index < -0.39 is 0 Å². The summed E-state index contributed by atoms with van der Waals surface area (Å²) >= 11 is 5.79. The number of aliphatic hydroxyl groups is 1. The lowest BCUT2D eigenvalue weighted by molar-refractivity contribution is 0.104. The number of allylic oxidation sites excluding steroid dienone is 1. The quantitative estimate of drug-likeness (QED) is 0.667. The number of nitrogens with zero attached hydrogens (tertiary/aromatic N) is 1. The van der Waals surface area contributed by atoms with Crippen LogP contribution in [0.2, 0.25) is 5.02 Å². The molecule has 1 aliphatic carbocycles. The molecule has 0 atom stereocenters. The second-order valence-electron chi connectivity index (χ2n) is 4.51. The smallest absolute Gasteiger partial charge is 0.199 e. The number of carbonyl (C=O) groups excluding carboxylic acids is 1. The molecule has 2 N–H and O–H groups in total. The fourth-order valence-corrected chi connectivity index (χ4v) is 2.23. The summed E-state index contributed by atoms with van der Waals surface area (Å²) in [5.41, 5.74) is 4.72. The number of benzene rings is 2. The number of rotatable bonds is 3. The maximum absolute atomic E-state index is 12.1. The van der Waals surface area contributed by atoms with E-state index in [0.29, 0.717) is 16.1 Å². The summed E-state index contributed by atoms with van der Waals surface area (Å²) in [4.78, 5) is 12.1. The van der Waals surface area contributed by atoms with Crippen molar-refractivity contribution >= 4 is 35.0 Å². The fraction of sp³-hybridized carbons (Fsp3) is 0. The average Bonchev–Trinajstić information content (AvgIpc) is 2.75. The Bertz CT molecular complexity index is 764. The third-order valence-electron chi connectivity index (χ3n) is 3.16. The van der Waals surface area contributed by atoms with Crippen molar-refractivity contribution in [2.24, 2.45) is 5.10 Å². The van der Waals surface area contributed by atoms with E-state index in [1.807, 2.05) is 0 Å². The van der Waals surface area contributed by atoms with Crippen LogP contribution in [-0.2, 0) is 0 Å². The standard InChI is InChI=1S/C16H11ClN2O2/c17-10-5-7-11(8-6-10)19-18-9-14-15(20)12-3-1-2-4-13(12)16(14)21/h1-9,19-20H. The summed E-state index contributed by atoms with van der Waals surface area (Å²) in [7, 11) is 0. The zero-order chi connectivity index (χ0) is 14.8. The molecular weight excluding hydrogens is 288 g/mol. The highest BCUT2D eigenvalue weighted by atomic mass is 35.5. The van der Waals surface area contributed by atoms with Crippen LogP contribution in [0.25, 0.3) is 5.76 Å². The van der Waals surface area contributed by atoms with Crippen molar-refractivity contribution in [1.29, 1.82) is 0 Å². The van der Waals surface area contributed by atoms with Gasteiger partial charge in [-0.1, -0.05) is 35.9 Å². The minimum atomic E-state index is -0.232. The van der Waals surface area contributed by atoms with Gasteiger partial charge in [0, 0.05) is 16.1 Å². The number of halogens is 1. The minimum absolute atomic E-state index is 0.0442. The molecule has 0 amide bonds. The second kappa shape index (κ2) is 5.42. The number of anilines is 1. The molecule has 0 unspecified atom stereocenters. The number of aliphatic hydroxyl groups excluding tert-OH is 1. The molecule has 0 saturated heterocycles. The van der Waals surface area contributed by atoms with Crippen molar-refractivity contribution in [3.63, 3.8) is 0 Å². The largest absolute Gasteiger partial charge is 0.506 e. The van der Waals surface area contributed by atoms with Gasteiger partial charge in [0.1, 0.15) is 5.76 Å². The number of Topliss-reactive ketones (excluding diaryl/α,β-unsaturated/α-hetero) is 1. The van der Waals surface area contributed by atoms with Gasteiger partial charge in [0.2, 0.25) is 0 Å². The van der Waals surface area contributed by atoms with Crippen LogP contribution in [0, 0.1) is 0 Å². The van der Waals surface area contributed by atoms with Crippen LogP contribution in [0.15, 0.2) is 59.2 Å². The SMILES string of the molecule is O=C1C(C=NNc2ccc(Cl)cc2)=C(O)c2ccccc21. The minimum Gasteiger partial charge on any atom is -0.506 e. The van der Waals surface area contributed by atoms with Crippen LogP contribution >= 0.6 is 11.6 Å². The molecule has 0 aromatic heterocycles. The Hall–Kier alpha value is -2.59. The van der Waals surface area contributed by atoms with Crippen LogP contribution in [-0.4, -0.2) is 17.1 Å². The average molecular weight is 299 g/mol. The zero-order valence-electron chi connectivity index (χ0n) is 10.9. The van der Waals surface area contributed by atoms with Crippen LogP contribution in [0.5, 0.6) is 0 Å². The molecule has 0 saturated carbocycles. The molecule has 0 fully saturated rings. The van der Waals surface area contributed by atoms with E-state index >= 15 is 0 Å². The van der Waals surface area contributed by atoms with Gasteiger partial charge in [-0.3, -0.25) is 10.2 Å². The molecule has 3 rings (SSSR count). The van der Waals surface area contributed by atoms with Gasteiger partial charge in [0.25, 0.3) is 0 Å². The molecule has 21 heavy (non-hydrogen) atoms. The second-order valence-corrected chi connectivity index (χ2v) is 4.95. The third-order valence-corrected chi connectivity index (χ3v) is 3.41. The molecule has 5 heteroatoms. The molecular formula is C16H11ClN2O2. The van der Waals surface area contributed by atoms with Crippen molar-refractivity contribution in [3.05, 3.63) is 70.3 Å². The summed E-state index contributed by atoms with van der Waals surface area (Å²) in [6, 6.07) is 13.9. The first-order valence-electron chi connectivity index (χ1n) is 6.29. The van der Waals surface area contributed by atoms with Crippen molar-refractivity contribution in [2.75, 3.05) is 5.43 Å². The Balaban J connectivity index is 1.80. The Morgan fingerprint density at radius 1 is 1.05 bits per heavy atom. The van der Waals surface area contributed by atoms with E-state index in [0.717, 1.165) is 5.69 Å². The summed E-state index contributed by atoms with van der Waals surface area (Å²) in [6.07, 6.45) is 1.33. The van der Waals surface area contributed by atoms with Crippen molar-refractivity contribution in [3.8, 4) is 0 Å². The highest BCUT2D eigenvalue weighted by Crippen LogP contribution is 2.29. The van der Waals surface area contributed by atoms with E-state index in [-0.39, 0.29) is 17.1 Å². The molecule has 0 spiro atoms. The van der Waals surface area contributed by atoms with Gasteiger partial charge >= 0.3 is 0 Å². The first-order valence-corrected chi connectivity index (χ1v) is 6.66. The van der Waals surface area contributed by atoms with E-state index in [2.05, 4.69) is 10.5 Å². The predicted octanol–water partition coefficient (Wildman–Crippen LogP) is 3.90. The molecule has 0 aliphatic heterocycles. The Kier molecular flexibility index (Phi) is 3.46. The molecule has 2 aromatic carbocycles. The van der Waals surface area contributed by atoms with Gasteiger partial charge in [-0.2, -0.15) is 5.10 Å². The van der Waals surface area contributed by atoms with Gasteiger partial charge in [-0.05, 0) is 24.3 Å². The van der Waals surface area contributed by atoms with Crippen LogP contribution in [0.1, 0.15) is 15.9 Å². The Labute approximate surface area is 126 Å². The van der Waals surface area contributed by atoms with Gasteiger partial charge < -0.3 is 5.11 Å². The van der Waals surface area contributed by atoms with Gasteiger partial charge in [0.05, 0.1) is 17.5 Å². The topological polar surface area (TPSA) is 61.7 Å². The van der Waals surface area contributed by atoms with E-state index in [1.165, 1.54) is 6.21 Å². The summed E-state index contributed by atoms with van der Waals surface area (Å²) in [5.74, 6) is -0.276. The number of fused-ring (bicyclic) bond motifs is 1. The molecule has 0 bridgehead atoms. The summed E-state index contributed by atoms with van der Waals surface area (Å²) in [5, 5.41) is 14.7. The van der Waals surface area contributed by atoms with Crippen molar-refractivity contribution < 1.29 is 9.90 Å². The first kappa shape index (κ1) is 13.4. The number of nitrogens with one attached hydrogen (secondary N) is 1. The molecule has 4 nitrogen and oxygen atoms in total. The van der Waals surface area contributed by atoms with Crippen LogP contribution in [0.3, 0.4) is 0 Å². The number of hydrogen-bond acceptors (Lipinski definition) is 4. The van der Waals surface area contributed by atoms with Gasteiger partial charge in [0.15, 0.2) is 5.78 Å². The lowest BCUT2D eigenvalue weighted by Crippen LogP contribution is -2.01. The highest BCUT2D eigenvalue weighted by Gasteiger charge is 2.27. The lowest BCUT2D eigenvalue weighted by Gasteiger charge is -1.99. The summed E-state index contributed by atoms with van der Waals surface area (Å²) < 4.78 is 0. The van der Waals surface area contributed by atoms with Gasteiger partial charge in [-0.15, -0.1) is 0 Å². The normalized spacial score (nSPS) is 13.9. The monoisotopic (exact) mass is 298 g/mol. The number of carbonyl (C=O) groups is 1. The molecule has 1 aliphatic rings. The molecule has 0 heterocycles. The Morgan fingerprint density at radius 2 is 1.71 bits per heavy atom. The molecule has 2 aromatic rings. The van der Waals surface area contributed by atoms with Gasteiger partial charge in [-0.25, -0.2) is 0 Å². The van der Waals surface area contributed by atoms with E-state index in [1.54, 1.807) is 48.5 Å².